The lowest BCUT2D eigenvalue weighted by Gasteiger charge is -2.30. The molecule has 1 atom stereocenters. The van der Waals surface area contributed by atoms with E-state index >= 15 is 0 Å². The summed E-state index contributed by atoms with van der Waals surface area (Å²) in [7, 11) is 0. The van der Waals surface area contributed by atoms with E-state index < -0.39 is 0 Å². The predicted molar refractivity (Wildman–Crippen MR) is 80.0 cm³/mol. The number of thiophene rings is 1. The van der Waals surface area contributed by atoms with Crippen molar-refractivity contribution in [3.8, 4) is 0 Å². The van der Waals surface area contributed by atoms with Crippen molar-refractivity contribution in [2.45, 2.75) is 32.6 Å². The molecule has 1 aromatic rings. The van der Waals surface area contributed by atoms with Crippen LogP contribution in [0.1, 0.15) is 42.3 Å². The lowest BCUT2D eigenvalue weighted by atomic mass is 10.0. The predicted octanol–water partition coefficient (Wildman–Crippen LogP) is 2.97. The molecule has 108 valence electrons. The molecule has 3 rings (SSSR count). The quantitative estimate of drug-likeness (QED) is 0.931. The Morgan fingerprint density at radius 3 is 2.80 bits per heavy atom. The molecule has 5 heteroatoms. The monoisotopic (exact) mass is 292 g/mol. The van der Waals surface area contributed by atoms with Crippen LogP contribution in [0.4, 0.5) is 5.00 Å². The first-order valence-corrected chi connectivity index (χ1v) is 8.15. The molecule has 0 spiro atoms. The molecule has 1 saturated carbocycles. The van der Waals surface area contributed by atoms with Crippen LogP contribution >= 0.6 is 11.3 Å². The fourth-order valence-electron chi connectivity index (χ4n) is 2.62. The van der Waals surface area contributed by atoms with Crippen molar-refractivity contribution >= 4 is 28.2 Å². The third kappa shape index (κ3) is 3.03. The smallest absolute Gasteiger partial charge is 0.264 e. The molecule has 20 heavy (non-hydrogen) atoms. The van der Waals surface area contributed by atoms with Crippen LogP contribution in [0, 0.1) is 11.8 Å². The van der Waals surface area contributed by atoms with Crippen LogP contribution in [0.25, 0.3) is 0 Å². The standard InChI is InChI=1S/C15H20N2O2S/c1-10-3-2-8-17(9-10)15(19)12-6-7-13(20-12)16-14(18)11-4-5-11/h6-7,10-11H,2-5,8-9H2,1H3,(H,16,18)/t10-/m1/s1. The number of likely N-dealkylation sites (tertiary alicyclic amines) is 1. The van der Waals surface area contributed by atoms with E-state index in [2.05, 4.69) is 12.2 Å². The summed E-state index contributed by atoms with van der Waals surface area (Å²) in [6.45, 7) is 3.89. The van der Waals surface area contributed by atoms with Crippen LogP contribution < -0.4 is 5.32 Å². The van der Waals surface area contributed by atoms with Crippen molar-refractivity contribution in [1.82, 2.24) is 4.90 Å². The average Bonchev–Trinajstić information content (AvgIpc) is 3.19. The number of nitrogens with zero attached hydrogens (tertiary/aromatic N) is 1. The van der Waals surface area contributed by atoms with E-state index in [9.17, 15) is 9.59 Å². The number of hydrogen-bond acceptors (Lipinski definition) is 3. The summed E-state index contributed by atoms with van der Waals surface area (Å²) in [5.74, 6) is 0.979. The number of carbonyl (C=O) groups is 2. The lowest BCUT2D eigenvalue weighted by Crippen LogP contribution is -2.38. The van der Waals surface area contributed by atoms with E-state index in [-0.39, 0.29) is 17.7 Å². The summed E-state index contributed by atoms with van der Waals surface area (Å²) in [5, 5.41) is 3.69. The highest BCUT2D eigenvalue weighted by Gasteiger charge is 2.30. The Morgan fingerprint density at radius 2 is 2.10 bits per heavy atom. The molecule has 1 N–H and O–H groups in total. The van der Waals surface area contributed by atoms with Gasteiger partial charge >= 0.3 is 0 Å². The van der Waals surface area contributed by atoms with Gasteiger partial charge in [-0.1, -0.05) is 6.92 Å². The zero-order valence-electron chi connectivity index (χ0n) is 11.7. The van der Waals surface area contributed by atoms with Crippen LogP contribution in [0.5, 0.6) is 0 Å². The van der Waals surface area contributed by atoms with Gasteiger partial charge in [-0.25, -0.2) is 0 Å². The molecule has 1 saturated heterocycles. The zero-order valence-corrected chi connectivity index (χ0v) is 12.5. The Balaban J connectivity index is 1.63. The first-order valence-electron chi connectivity index (χ1n) is 7.33. The molecule has 2 amide bonds. The molecule has 2 heterocycles. The Bertz CT molecular complexity index is 522. The van der Waals surface area contributed by atoms with Crippen LogP contribution in [0.3, 0.4) is 0 Å². The van der Waals surface area contributed by atoms with E-state index in [1.54, 1.807) is 0 Å². The van der Waals surface area contributed by atoms with E-state index in [1.165, 1.54) is 17.8 Å². The highest BCUT2D eigenvalue weighted by atomic mass is 32.1. The maximum Gasteiger partial charge on any atom is 0.264 e. The van der Waals surface area contributed by atoms with E-state index in [0.29, 0.717) is 5.92 Å². The zero-order chi connectivity index (χ0) is 14.1. The van der Waals surface area contributed by atoms with Crippen LogP contribution in [-0.4, -0.2) is 29.8 Å². The van der Waals surface area contributed by atoms with Gasteiger partial charge in [-0.3, -0.25) is 9.59 Å². The van der Waals surface area contributed by atoms with Gasteiger partial charge in [0.25, 0.3) is 5.91 Å². The van der Waals surface area contributed by atoms with Crippen molar-refractivity contribution in [2.24, 2.45) is 11.8 Å². The van der Waals surface area contributed by atoms with Gasteiger partial charge in [0.15, 0.2) is 0 Å². The SMILES string of the molecule is C[C@@H]1CCCN(C(=O)c2ccc(NC(=O)C3CC3)s2)C1. The van der Waals surface area contributed by atoms with Gasteiger partial charge in [0, 0.05) is 19.0 Å². The van der Waals surface area contributed by atoms with Gasteiger partial charge in [0.2, 0.25) is 5.91 Å². The molecule has 1 aromatic heterocycles. The van der Waals surface area contributed by atoms with Crippen molar-refractivity contribution in [3.05, 3.63) is 17.0 Å². The number of rotatable bonds is 3. The highest BCUT2D eigenvalue weighted by molar-refractivity contribution is 7.18. The minimum absolute atomic E-state index is 0.0949. The summed E-state index contributed by atoms with van der Waals surface area (Å²) < 4.78 is 0. The summed E-state index contributed by atoms with van der Waals surface area (Å²) in [5.41, 5.74) is 0. The first kappa shape index (κ1) is 13.6. The average molecular weight is 292 g/mol. The fourth-order valence-corrected chi connectivity index (χ4v) is 3.50. The number of hydrogen-bond donors (Lipinski definition) is 1. The normalized spacial score (nSPS) is 22.6. The topological polar surface area (TPSA) is 49.4 Å². The second-order valence-corrected chi connectivity index (χ2v) is 7.01. The minimum atomic E-state index is 0.0949. The fraction of sp³-hybridized carbons (Fsp3) is 0.600. The van der Waals surface area contributed by atoms with Crippen molar-refractivity contribution in [3.63, 3.8) is 0 Å². The van der Waals surface area contributed by atoms with Crippen LogP contribution in [0.15, 0.2) is 12.1 Å². The van der Waals surface area contributed by atoms with Gasteiger partial charge in [0.05, 0.1) is 9.88 Å². The summed E-state index contributed by atoms with van der Waals surface area (Å²) in [6, 6.07) is 3.67. The molecule has 2 aliphatic rings. The van der Waals surface area contributed by atoms with E-state index in [4.69, 9.17) is 0 Å². The van der Waals surface area contributed by atoms with Crippen molar-refractivity contribution in [1.29, 1.82) is 0 Å². The van der Waals surface area contributed by atoms with Crippen molar-refractivity contribution in [2.75, 3.05) is 18.4 Å². The highest BCUT2D eigenvalue weighted by Crippen LogP contribution is 2.32. The van der Waals surface area contributed by atoms with Gasteiger partial charge in [-0.15, -0.1) is 11.3 Å². The Kier molecular flexibility index (Phi) is 3.78. The summed E-state index contributed by atoms with van der Waals surface area (Å²) in [6.07, 6.45) is 4.28. The maximum atomic E-state index is 12.4. The van der Waals surface area contributed by atoms with Gasteiger partial charge < -0.3 is 10.2 Å². The molecule has 4 nitrogen and oxygen atoms in total. The first-order chi connectivity index (χ1) is 9.63. The number of piperidine rings is 1. The Hall–Kier alpha value is -1.36. The second-order valence-electron chi connectivity index (χ2n) is 5.93. The lowest BCUT2D eigenvalue weighted by molar-refractivity contribution is -0.117. The summed E-state index contributed by atoms with van der Waals surface area (Å²) >= 11 is 1.39. The van der Waals surface area contributed by atoms with Crippen molar-refractivity contribution < 1.29 is 9.59 Å². The maximum absolute atomic E-state index is 12.4. The van der Waals surface area contributed by atoms with Crippen LogP contribution in [-0.2, 0) is 4.79 Å². The largest absolute Gasteiger partial charge is 0.338 e. The molecular formula is C15H20N2O2S. The summed E-state index contributed by atoms with van der Waals surface area (Å²) in [4.78, 5) is 26.8. The number of carbonyl (C=O) groups excluding carboxylic acids is 2. The number of nitrogens with one attached hydrogen (secondary N) is 1. The molecular weight excluding hydrogens is 272 g/mol. The molecule has 0 bridgehead atoms. The van der Waals surface area contributed by atoms with Gasteiger partial charge in [0.1, 0.15) is 0 Å². The molecule has 1 aliphatic carbocycles. The van der Waals surface area contributed by atoms with E-state index in [0.717, 1.165) is 42.2 Å². The molecule has 1 aliphatic heterocycles. The molecule has 0 radical (unpaired) electrons. The molecule has 0 aromatic carbocycles. The Morgan fingerprint density at radius 1 is 1.30 bits per heavy atom. The number of anilines is 1. The third-order valence-corrected chi connectivity index (χ3v) is 4.94. The van der Waals surface area contributed by atoms with Crippen LogP contribution in [0.2, 0.25) is 0 Å². The molecule has 2 fully saturated rings. The van der Waals surface area contributed by atoms with Gasteiger partial charge in [-0.05, 0) is 43.7 Å². The minimum Gasteiger partial charge on any atom is -0.338 e. The number of amides is 2. The molecule has 0 unspecified atom stereocenters. The second kappa shape index (κ2) is 5.56. The Labute approximate surface area is 123 Å². The van der Waals surface area contributed by atoms with E-state index in [1.807, 2.05) is 17.0 Å². The third-order valence-electron chi connectivity index (χ3n) is 3.96. The van der Waals surface area contributed by atoms with Gasteiger partial charge in [-0.2, -0.15) is 0 Å².